The zero-order valence-electron chi connectivity index (χ0n) is 10.9. The molecule has 2 fully saturated rings. The van der Waals surface area contributed by atoms with Crippen molar-refractivity contribution in [1.82, 2.24) is 5.32 Å². The standard InChI is InChI=1S/C14H27NO/c1-3-13-14(9-8-11(2)15-13)16-10-12-6-4-5-7-12/h11-15H,3-10H2,1-2H3. The van der Waals surface area contributed by atoms with E-state index in [2.05, 4.69) is 19.2 Å². The van der Waals surface area contributed by atoms with Gasteiger partial charge in [0.2, 0.25) is 0 Å². The van der Waals surface area contributed by atoms with Crippen LogP contribution in [-0.4, -0.2) is 24.8 Å². The zero-order valence-corrected chi connectivity index (χ0v) is 10.9. The molecule has 0 aromatic carbocycles. The largest absolute Gasteiger partial charge is 0.376 e. The van der Waals surface area contributed by atoms with Crippen molar-refractivity contribution in [3.63, 3.8) is 0 Å². The first-order chi connectivity index (χ1) is 7.79. The summed E-state index contributed by atoms with van der Waals surface area (Å²) in [6, 6.07) is 1.27. The van der Waals surface area contributed by atoms with Crippen LogP contribution in [0.3, 0.4) is 0 Å². The number of rotatable bonds is 4. The van der Waals surface area contributed by atoms with E-state index in [0.717, 1.165) is 12.5 Å². The number of nitrogens with one attached hydrogen (secondary N) is 1. The summed E-state index contributed by atoms with van der Waals surface area (Å²) in [6.45, 7) is 5.56. The maximum absolute atomic E-state index is 6.16. The number of piperidine rings is 1. The van der Waals surface area contributed by atoms with E-state index in [1.165, 1.54) is 44.9 Å². The first kappa shape index (κ1) is 12.4. The summed E-state index contributed by atoms with van der Waals surface area (Å²) in [7, 11) is 0. The van der Waals surface area contributed by atoms with Crippen LogP contribution < -0.4 is 5.32 Å². The summed E-state index contributed by atoms with van der Waals surface area (Å²) < 4.78 is 6.16. The van der Waals surface area contributed by atoms with Crippen LogP contribution in [-0.2, 0) is 4.74 Å². The van der Waals surface area contributed by atoms with Crippen LogP contribution in [0.15, 0.2) is 0 Å². The molecule has 2 aliphatic rings. The number of ether oxygens (including phenoxy) is 1. The third kappa shape index (κ3) is 3.21. The maximum Gasteiger partial charge on any atom is 0.0728 e. The van der Waals surface area contributed by atoms with Crippen molar-refractivity contribution in [2.45, 2.75) is 77.0 Å². The molecule has 0 radical (unpaired) electrons. The Hall–Kier alpha value is -0.0800. The van der Waals surface area contributed by atoms with Crippen LogP contribution in [0.2, 0.25) is 0 Å². The smallest absolute Gasteiger partial charge is 0.0728 e. The zero-order chi connectivity index (χ0) is 11.4. The predicted molar refractivity (Wildman–Crippen MR) is 67.6 cm³/mol. The molecular weight excluding hydrogens is 198 g/mol. The molecule has 2 heteroatoms. The Kier molecular flexibility index (Phi) is 4.66. The summed E-state index contributed by atoms with van der Waals surface area (Å²) in [5, 5.41) is 3.67. The van der Waals surface area contributed by atoms with Crippen LogP contribution in [0.4, 0.5) is 0 Å². The molecule has 2 nitrogen and oxygen atoms in total. The summed E-state index contributed by atoms with van der Waals surface area (Å²) in [6.07, 6.45) is 9.82. The van der Waals surface area contributed by atoms with E-state index in [9.17, 15) is 0 Å². The molecule has 0 amide bonds. The van der Waals surface area contributed by atoms with Crippen LogP contribution in [0.25, 0.3) is 0 Å². The highest BCUT2D eigenvalue weighted by molar-refractivity contribution is 4.85. The molecule has 1 N–H and O–H groups in total. The van der Waals surface area contributed by atoms with Gasteiger partial charge in [-0.2, -0.15) is 0 Å². The molecule has 3 unspecified atom stereocenters. The van der Waals surface area contributed by atoms with E-state index in [-0.39, 0.29) is 0 Å². The van der Waals surface area contributed by atoms with Crippen LogP contribution in [0.5, 0.6) is 0 Å². The van der Waals surface area contributed by atoms with E-state index >= 15 is 0 Å². The lowest BCUT2D eigenvalue weighted by Crippen LogP contribution is -2.50. The van der Waals surface area contributed by atoms with Crippen molar-refractivity contribution in [2.24, 2.45) is 5.92 Å². The van der Waals surface area contributed by atoms with Gasteiger partial charge in [-0.25, -0.2) is 0 Å². The van der Waals surface area contributed by atoms with Crippen molar-refractivity contribution < 1.29 is 4.74 Å². The Balaban J connectivity index is 1.74. The highest BCUT2D eigenvalue weighted by Gasteiger charge is 2.28. The van der Waals surface area contributed by atoms with Gasteiger partial charge in [-0.05, 0) is 44.9 Å². The molecule has 3 atom stereocenters. The van der Waals surface area contributed by atoms with Crippen molar-refractivity contribution in [2.75, 3.05) is 6.61 Å². The second-order valence-electron chi connectivity index (χ2n) is 5.68. The van der Waals surface area contributed by atoms with Crippen molar-refractivity contribution in [1.29, 1.82) is 0 Å². The molecule has 16 heavy (non-hydrogen) atoms. The first-order valence-electron chi connectivity index (χ1n) is 7.17. The van der Waals surface area contributed by atoms with E-state index in [0.29, 0.717) is 18.2 Å². The molecule has 1 saturated heterocycles. The SMILES string of the molecule is CCC1NC(C)CCC1OCC1CCCC1. The predicted octanol–water partition coefficient (Wildman–Crippen LogP) is 3.11. The molecule has 0 bridgehead atoms. The molecular formula is C14H27NO. The third-order valence-electron chi connectivity index (χ3n) is 4.29. The van der Waals surface area contributed by atoms with Gasteiger partial charge < -0.3 is 10.1 Å². The molecule has 0 spiro atoms. The van der Waals surface area contributed by atoms with E-state index in [1.807, 2.05) is 0 Å². The van der Waals surface area contributed by atoms with Gasteiger partial charge >= 0.3 is 0 Å². The Morgan fingerprint density at radius 2 is 1.88 bits per heavy atom. The lowest BCUT2D eigenvalue weighted by atomic mass is 9.94. The second-order valence-corrected chi connectivity index (χ2v) is 5.68. The first-order valence-corrected chi connectivity index (χ1v) is 7.17. The average molecular weight is 225 g/mol. The van der Waals surface area contributed by atoms with E-state index < -0.39 is 0 Å². The monoisotopic (exact) mass is 225 g/mol. The van der Waals surface area contributed by atoms with Gasteiger partial charge in [0.25, 0.3) is 0 Å². The minimum absolute atomic E-state index is 0.474. The Labute approximate surface area is 100 Å². The van der Waals surface area contributed by atoms with Crippen molar-refractivity contribution in [3.05, 3.63) is 0 Å². The van der Waals surface area contributed by atoms with Crippen LogP contribution in [0.1, 0.15) is 58.8 Å². The van der Waals surface area contributed by atoms with E-state index in [1.54, 1.807) is 0 Å². The molecule has 0 aromatic rings. The van der Waals surface area contributed by atoms with Gasteiger partial charge in [-0.3, -0.25) is 0 Å². The fraction of sp³-hybridized carbons (Fsp3) is 1.00. The Bertz CT molecular complexity index is 201. The van der Waals surface area contributed by atoms with Crippen molar-refractivity contribution >= 4 is 0 Å². The Morgan fingerprint density at radius 3 is 2.56 bits per heavy atom. The second kappa shape index (κ2) is 6.02. The van der Waals surface area contributed by atoms with Gasteiger partial charge in [0.15, 0.2) is 0 Å². The third-order valence-corrected chi connectivity index (χ3v) is 4.29. The highest BCUT2D eigenvalue weighted by Crippen LogP contribution is 2.27. The maximum atomic E-state index is 6.16. The van der Waals surface area contributed by atoms with Crippen LogP contribution in [0, 0.1) is 5.92 Å². The minimum Gasteiger partial charge on any atom is -0.376 e. The van der Waals surface area contributed by atoms with Crippen molar-refractivity contribution in [3.8, 4) is 0 Å². The average Bonchev–Trinajstić information content (AvgIpc) is 2.80. The molecule has 94 valence electrons. The topological polar surface area (TPSA) is 21.3 Å². The van der Waals surface area contributed by atoms with Gasteiger partial charge in [0.1, 0.15) is 0 Å². The van der Waals surface area contributed by atoms with Crippen LogP contribution >= 0.6 is 0 Å². The van der Waals surface area contributed by atoms with E-state index in [4.69, 9.17) is 4.74 Å². The summed E-state index contributed by atoms with van der Waals surface area (Å²) in [5.74, 6) is 0.858. The summed E-state index contributed by atoms with van der Waals surface area (Å²) in [4.78, 5) is 0. The minimum atomic E-state index is 0.474. The van der Waals surface area contributed by atoms with Gasteiger partial charge in [-0.15, -0.1) is 0 Å². The van der Waals surface area contributed by atoms with Gasteiger partial charge in [-0.1, -0.05) is 19.8 Å². The molecule has 1 aliphatic heterocycles. The molecule has 1 heterocycles. The summed E-state index contributed by atoms with van der Waals surface area (Å²) in [5.41, 5.74) is 0. The number of hydrogen-bond acceptors (Lipinski definition) is 2. The van der Waals surface area contributed by atoms with Gasteiger partial charge in [0.05, 0.1) is 6.10 Å². The molecule has 1 saturated carbocycles. The lowest BCUT2D eigenvalue weighted by Gasteiger charge is -2.36. The summed E-state index contributed by atoms with van der Waals surface area (Å²) >= 11 is 0. The normalized spacial score (nSPS) is 36.8. The van der Waals surface area contributed by atoms with Gasteiger partial charge in [0, 0.05) is 18.7 Å². The highest BCUT2D eigenvalue weighted by atomic mass is 16.5. The fourth-order valence-electron chi connectivity index (χ4n) is 3.19. The molecule has 2 rings (SSSR count). The molecule has 1 aliphatic carbocycles. The lowest BCUT2D eigenvalue weighted by molar-refractivity contribution is -0.0162. The quantitative estimate of drug-likeness (QED) is 0.794. The molecule has 0 aromatic heterocycles. The number of hydrogen-bond donors (Lipinski definition) is 1. The fourth-order valence-corrected chi connectivity index (χ4v) is 3.19. The Morgan fingerprint density at radius 1 is 1.12 bits per heavy atom.